The number of ether oxygens (including phenoxy) is 1. The summed E-state index contributed by atoms with van der Waals surface area (Å²) in [7, 11) is 0. The van der Waals surface area contributed by atoms with Crippen LogP contribution in [0, 0.1) is 12.3 Å². The Labute approximate surface area is 62.2 Å². The number of nitrogens with zero attached hydrogens (tertiary/aromatic N) is 1. The maximum absolute atomic E-state index is 5.19. The van der Waals surface area contributed by atoms with Crippen LogP contribution in [0.5, 0.6) is 0 Å². The fraction of sp³-hybridized carbons (Fsp3) is 0.750. The molecule has 1 heterocycles. The minimum absolute atomic E-state index is 0.861. The number of hydrogen-bond acceptors (Lipinski definition) is 2. The number of morpholine rings is 1. The zero-order valence-corrected chi connectivity index (χ0v) is 6.18. The van der Waals surface area contributed by atoms with E-state index in [0.29, 0.717) is 0 Å². The van der Waals surface area contributed by atoms with E-state index in [9.17, 15) is 0 Å². The smallest absolute Gasteiger partial charge is 0.0594 e. The van der Waals surface area contributed by atoms with Crippen molar-refractivity contribution in [2.75, 3.05) is 32.8 Å². The Morgan fingerprint density at radius 3 is 2.70 bits per heavy atom. The molecule has 0 N–H and O–H groups in total. The van der Waals surface area contributed by atoms with Crippen LogP contribution in [0.25, 0.3) is 0 Å². The molecule has 2 nitrogen and oxygen atoms in total. The van der Waals surface area contributed by atoms with Gasteiger partial charge in [0.05, 0.1) is 13.2 Å². The van der Waals surface area contributed by atoms with Crippen LogP contribution < -0.4 is 0 Å². The summed E-state index contributed by atoms with van der Waals surface area (Å²) in [5, 5.41) is 0. The van der Waals surface area contributed by atoms with E-state index in [1.165, 1.54) is 0 Å². The van der Waals surface area contributed by atoms with E-state index >= 15 is 0 Å². The third-order valence-corrected chi connectivity index (χ3v) is 1.68. The monoisotopic (exact) mass is 139 g/mol. The van der Waals surface area contributed by atoms with Crippen LogP contribution in [0.2, 0.25) is 0 Å². The van der Waals surface area contributed by atoms with Crippen LogP contribution in [-0.4, -0.2) is 37.7 Å². The average Bonchev–Trinajstić information content (AvgIpc) is 2.03. The van der Waals surface area contributed by atoms with Gasteiger partial charge in [0, 0.05) is 26.1 Å². The molecule has 0 radical (unpaired) electrons. The molecule has 1 rings (SSSR count). The van der Waals surface area contributed by atoms with E-state index < -0.39 is 0 Å². The van der Waals surface area contributed by atoms with Gasteiger partial charge in [0.25, 0.3) is 0 Å². The summed E-state index contributed by atoms with van der Waals surface area (Å²) in [5.74, 6) is 2.63. The van der Waals surface area contributed by atoms with Crippen molar-refractivity contribution in [2.24, 2.45) is 0 Å². The molecule has 0 unspecified atom stereocenters. The van der Waals surface area contributed by atoms with Crippen molar-refractivity contribution in [3.8, 4) is 12.3 Å². The molecule has 1 fully saturated rings. The molecule has 0 aliphatic carbocycles. The van der Waals surface area contributed by atoms with E-state index in [1.807, 2.05) is 0 Å². The van der Waals surface area contributed by atoms with Gasteiger partial charge in [-0.15, -0.1) is 12.3 Å². The van der Waals surface area contributed by atoms with Gasteiger partial charge in [-0.05, 0) is 0 Å². The highest BCUT2D eigenvalue weighted by Gasteiger charge is 2.07. The predicted octanol–water partition coefficient (Wildman–Crippen LogP) is 0.342. The Bertz CT molecular complexity index is 122. The van der Waals surface area contributed by atoms with Crippen molar-refractivity contribution in [2.45, 2.75) is 6.42 Å². The minimum Gasteiger partial charge on any atom is -0.379 e. The molecule has 0 bridgehead atoms. The molecule has 0 aromatic heterocycles. The van der Waals surface area contributed by atoms with Crippen molar-refractivity contribution < 1.29 is 4.74 Å². The minimum atomic E-state index is 0.861. The topological polar surface area (TPSA) is 12.5 Å². The molecule has 1 saturated heterocycles. The molecule has 56 valence electrons. The summed E-state index contributed by atoms with van der Waals surface area (Å²) in [6, 6.07) is 0. The molecular formula is C8H13NO. The van der Waals surface area contributed by atoms with Crippen LogP contribution in [0.4, 0.5) is 0 Å². The Kier molecular flexibility index (Phi) is 3.28. The Morgan fingerprint density at radius 1 is 1.40 bits per heavy atom. The molecule has 0 aromatic carbocycles. The standard InChI is InChI=1S/C8H13NO/c1-2-3-4-9-5-7-10-8-6-9/h1H,3-8H2. The fourth-order valence-corrected chi connectivity index (χ4v) is 1.05. The third-order valence-electron chi connectivity index (χ3n) is 1.68. The first kappa shape index (κ1) is 7.59. The molecule has 0 aromatic rings. The fourth-order valence-electron chi connectivity index (χ4n) is 1.05. The lowest BCUT2D eigenvalue weighted by Gasteiger charge is -2.25. The van der Waals surface area contributed by atoms with Gasteiger partial charge < -0.3 is 4.74 Å². The van der Waals surface area contributed by atoms with Crippen LogP contribution >= 0.6 is 0 Å². The van der Waals surface area contributed by atoms with Gasteiger partial charge in [0.15, 0.2) is 0 Å². The van der Waals surface area contributed by atoms with E-state index in [2.05, 4.69) is 10.8 Å². The lowest BCUT2D eigenvalue weighted by atomic mass is 10.3. The second kappa shape index (κ2) is 4.32. The second-order valence-electron chi connectivity index (χ2n) is 2.41. The number of terminal acetylenes is 1. The third kappa shape index (κ3) is 2.38. The molecule has 1 aliphatic heterocycles. The molecule has 10 heavy (non-hydrogen) atoms. The summed E-state index contributed by atoms with van der Waals surface area (Å²) in [6.45, 7) is 4.85. The van der Waals surface area contributed by atoms with Gasteiger partial charge in [-0.3, -0.25) is 4.90 Å². The first-order chi connectivity index (χ1) is 4.93. The van der Waals surface area contributed by atoms with E-state index in [0.717, 1.165) is 39.3 Å². The molecule has 0 saturated carbocycles. The maximum atomic E-state index is 5.19. The SMILES string of the molecule is C#CCCN1CCOCC1. The molecule has 0 amide bonds. The number of hydrogen-bond donors (Lipinski definition) is 0. The van der Waals surface area contributed by atoms with E-state index in [-0.39, 0.29) is 0 Å². The highest BCUT2D eigenvalue weighted by molar-refractivity contribution is 4.84. The molecule has 1 aliphatic rings. The normalized spacial score (nSPS) is 20.3. The first-order valence-electron chi connectivity index (χ1n) is 3.67. The Balaban J connectivity index is 2.09. The highest BCUT2D eigenvalue weighted by atomic mass is 16.5. The predicted molar refractivity (Wildman–Crippen MR) is 40.7 cm³/mol. The zero-order valence-electron chi connectivity index (χ0n) is 6.18. The quantitative estimate of drug-likeness (QED) is 0.512. The van der Waals surface area contributed by atoms with Crippen molar-refractivity contribution in [1.82, 2.24) is 4.90 Å². The van der Waals surface area contributed by atoms with Gasteiger partial charge >= 0.3 is 0 Å². The van der Waals surface area contributed by atoms with E-state index in [4.69, 9.17) is 11.2 Å². The Morgan fingerprint density at radius 2 is 2.10 bits per heavy atom. The van der Waals surface area contributed by atoms with Gasteiger partial charge in [0.1, 0.15) is 0 Å². The maximum Gasteiger partial charge on any atom is 0.0594 e. The van der Waals surface area contributed by atoms with Crippen molar-refractivity contribution in [3.05, 3.63) is 0 Å². The van der Waals surface area contributed by atoms with Crippen molar-refractivity contribution >= 4 is 0 Å². The van der Waals surface area contributed by atoms with Gasteiger partial charge in [-0.25, -0.2) is 0 Å². The molecule has 0 atom stereocenters. The summed E-state index contributed by atoms with van der Waals surface area (Å²) >= 11 is 0. The lowest BCUT2D eigenvalue weighted by Crippen LogP contribution is -2.36. The van der Waals surface area contributed by atoms with E-state index in [1.54, 1.807) is 0 Å². The van der Waals surface area contributed by atoms with Crippen LogP contribution in [0.1, 0.15) is 6.42 Å². The summed E-state index contributed by atoms with van der Waals surface area (Å²) in [5.41, 5.74) is 0. The largest absolute Gasteiger partial charge is 0.379 e. The second-order valence-corrected chi connectivity index (χ2v) is 2.41. The summed E-state index contributed by atoms with van der Waals surface area (Å²) in [4.78, 5) is 2.34. The first-order valence-corrected chi connectivity index (χ1v) is 3.67. The zero-order chi connectivity index (χ0) is 7.23. The average molecular weight is 139 g/mol. The van der Waals surface area contributed by atoms with Gasteiger partial charge in [-0.1, -0.05) is 0 Å². The van der Waals surface area contributed by atoms with Crippen LogP contribution in [-0.2, 0) is 4.74 Å². The molecule has 2 heteroatoms. The lowest BCUT2D eigenvalue weighted by molar-refractivity contribution is 0.0390. The van der Waals surface area contributed by atoms with Crippen molar-refractivity contribution in [1.29, 1.82) is 0 Å². The molecule has 0 spiro atoms. The van der Waals surface area contributed by atoms with Gasteiger partial charge in [-0.2, -0.15) is 0 Å². The van der Waals surface area contributed by atoms with Gasteiger partial charge in [0.2, 0.25) is 0 Å². The van der Waals surface area contributed by atoms with Crippen LogP contribution in [0.3, 0.4) is 0 Å². The Hall–Kier alpha value is -0.520. The number of rotatable bonds is 2. The van der Waals surface area contributed by atoms with Crippen molar-refractivity contribution in [3.63, 3.8) is 0 Å². The molecular weight excluding hydrogens is 126 g/mol. The summed E-state index contributed by atoms with van der Waals surface area (Å²) in [6.07, 6.45) is 6.00. The summed E-state index contributed by atoms with van der Waals surface area (Å²) < 4.78 is 5.19. The van der Waals surface area contributed by atoms with Crippen LogP contribution in [0.15, 0.2) is 0 Å². The highest BCUT2D eigenvalue weighted by Crippen LogP contribution is 1.96.